The van der Waals surface area contributed by atoms with Gasteiger partial charge in [0, 0.05) is 43.1 Å². The fourth-order valence-electron chi connectivity index (χ4n) is 2.59. The fraction of sp³-hybridized carbons (Fsp3) is 0.250. The van der Waals surface area contributed by atoms with Gasteiger partial charge < -0.3 is 16.0 Å². The van der Waals surface area contributed by atoms with Gasteiger partial charge in [0.1, 0.15) is 5.82 Å². The summed E-state index contributed by atoms with van der Waals surface area (Å²) in [6.45, 7) is 3.95. The molecule has 0 aromatic heterocycles. The lowest BCUT2D eigenvalue weighted by Gasteiger charge is -2.29. The van der Waals surface area contributed by atoms with Crippen LogP contribution in [0.5, 0.6) is 0 Å². The van der Waals surface area contributed by atoms with Gasteiger partial charge in [-0.2, -0.15) is 0 Å². The second-order valence-electron chi connectivity index (χ2n) is 5.02. The zero-order chi connectivity index (χ0) is 13.9. The number of hydrogen-bond acceptors (Lipinski definition) is 3. The van der Waals surface area contributed by atoms with Crippen molar-refractivity contribution in [1.82, 2.24) is 5.32 Å². The van der Waals surface area contributed by atoms with Gasteiger partial charge in [-0.05, 0) is 29.8 Å². The van der Waals surface area contributed by atoms with E-state index < -0.39 is 0 Å². The van der Waals surface area contributed by atoms with Gasteiger partial charge in [0.25, 0.3) is 0 Å². The number of piperazine rings is 1. The van der Waals surface area contributed by atoms with Crippen molar-refractivity contribution in [3.63, 3.8) is 0 Å². The van der Waals surface area contributed by atoms with Crippen molar-refractivity contribution in [2.24, 2.45) is 0 Å². The van der Waals surface area contributed by atoms with E-state index in [2.05, 4.69) is 16.3 Å². The van der Waals surface area contributed by atoms with Crippen LogP contribution in [0.4, 0.5) is 15.8 Å². The lowest BCUT2D eigenvalue weighted by Crippen LogP contribution is -2.43. The van der Waals surface area contributed by atoms with Gasteiger partial charge >= 0.3 is 0 Å². The molecule has 1 aliphatic heterocycles. The van der Waals surface area contributed by atoms with Crippen LogP contribution in [0.2, 0.25) is 0 Å². The number of halogens is 1. The number of benzene rings is 2. The van der Waals surface area contributed by atoms with Gasteiger partial charge in [-0.25, -0.2) is 4.39 Å². The highest BCUT2D eigenvalue weighted by molar-refractivity contribution is 5.79. The maximum absolute atomic E-state index is 13.3. The number of nitrogens with zero attached hydrogens (tertiary/aromatic N) is 1. The van der Waals surface area contributed by atoms with Crippen molar-refractivity contribution in [3.05, 3.63) is 48.3 Å². The normalized spacial score (nSPS) is 15.3. The first-order valence-electron chi connectivity index (χ1n) is 6.85. The van der Waals surface area contributed by atoms with Gasteiger partial charge in [0.05, 0.1) is 0 Å². The van der Waals surface area contributed by atoms with Crippen LogP contribution in [-0.4, -0.2) is 26.2 Å². The molecule has 20 heavy (non-hydrogen) atoms. The molecule has 0 bridgehead atoms. The molecule has 0 amide bonds. The topological polar surface area (TPSA) is 41.3 Å². The van der Waals surface area contributed by atoms with Crippen molar-refractivity contribution in [2.45, 2.75) is 0 Å². The van der Waals surface area contributed by atoms with E-state index in [1.165, 1.54) is 12.1 Å². The molecule has 0 radical (unpaired) electrons. The predicted molar refractivity (Wildman–Crippen MR) is 81.3 cm³/mol. The number of nitrogens with one attached hydrogen (secondary N) is 1. The monoisotopic (exact) mass is 271 g/mol. The van der Waals surface area contributed by atoms with Gasteiger partial charge in [-0.1, -0.05) is 18.2 Å². The highest BCUT2D eigenvalue weighted by atomic mass is 19.1. The lowest BCUT2D eigenvalue weighted by molar-refractivity contribution is 0.589. The Morgan fingerprint density at radius 1 is 1.05 bits per heavy atom. The molecule has 3 N–H and O–H groups in total. The molecular formula is C16H18FN3. The molecule has 3 rings (SSSR count). The average Bonchev–Trinajstić information content (AvgIpc) is 2.48. The van der Waals surface area contributed by atoms with Crippen LogP contribution in [0, 0.1) is 5.82 Å². The van der Waals surface area contributed by atoms with Crippen LogP contribution in [0.1, 0.15) is 0 Å². The molecule has 1 fully saturated rings. The van der Waals surface area contributed by atoms with Crippen molar-refractivity contribution < 1.29 is 4.39 Å². The van der Waals surface area contributed by atoms with Gasteiger partial charge in [0.15, 0.2) is 0 Å². The molecule has 2 aromatic carbocycles. The fourth-order valence-corrected chi connectivity index (χ4v) is 2.59. The van der Waals surface area contributed by atoms with E-state index in [0.717, 1.165) is 43.0 Å². The smallest absolute Gasteiger partial charge is 0.123 e. The minimum atomic E-state index is -0.243. The van der Waals surface area contributed by atoms with E-state index in [1.807, 2.05) is 18.2 Å². The summed E-state index contributed by atoms with van der Waals surface area (Å²) >= 11 is 0. The van der Waals surface area contributed by atoms with Crippen LogP contribution in [-0.2, 0) is 0 Å². The summed E-state index contributed by atoms with van der Waals surface area (Å²) in [4.78, 5) is 2.31. The first-order chi connectivity index (χ1) is 9.74. The molecular weight excluding hydrogens is 253 g/mol. The first kappa shape index (κ1) is 12.9. The van der Waals surface area contributed by atoms with Gasteiger partial charge in [-0.15, -0.1) is 0 Å². The maximum Gasteiger partial charge on any atom is 0.123 e. The summed E-state index contributed by atoms with van der Waals surface area (Å²) in [6.07, 6.45) is 0. The van der Waals surface area contributed by atoms with Gasteiger partial charge in [-0.3, -0.25) is 0 Å². The highest BCUT2D eigenvalue weighted by Gasteiger charge is 2.12. The minimum absolute atomic E-state index is 0.243. The second-order valence-corrected chi connectivity index (χ2v) is 5.02. The Balaban J connectivity index is 1.91. The summed E-state index contributed by atoms with van der Waals surface area (Å²) in [6, 6.07) is 12.5. The van der Waals surface area contributed by atoms with Crippen molar-refractivity contribution in [2.75, 3.05) is 36.8 Å². The third kappa shape index (κ3) is 2.60. The molecule has 104 valence electrons. The third-order valence-corrected chi connectivity index (χ3v) is 3.65. The van der Waals surface area contributed by atoms with E-state index in [9.17, 15) is 4.39 Å². The molecule has 0 atom stereocenters. The number of anilines is 2. The first-order valence-corrected chi connectivity index (χ1v) is 6.85. The van der Waals surface area contributed by atoms with Crippen LogP contribution in [0.3, 0.4) is 0 Å². The molecule has 1 aliphatic rings. The van der Waals surface area contributed by atoms with Crippen LogP contribution >= 0.6 is 0 Å². The highest BCUT2D eigenvalue weighted by Crippen LogP contribution is 2.30. The second kappa shape index (κ2) is 5.51. The Hall–Kier alpha value is -2.07. The van der Waals surface area contributed by atoms with Crippen molar-refractivity contribution in [3.8, 4) is 11.1 Å². The van der Waals surface area contributed by atoms with E-state index in [-0.39, 0.29) is 5.82 Å². The van der Waals surface area contributed by atoms with Crippen LogP contribution < -0.4 is 16.0 Å². The predicted octanol–water partition coefficient (Wildman–Crippen LogP) is 2.48. The Morgan fingerprint density at radius 3 is 2.55 bits per heavy atom. The van der Waals surface area contributed by atoms with Crippen molar-refractivity contribution >= 4 is 11.4 Å². The minimum Gasteiger partial charge on any atom is -0.398 e. The number of hydrogen-bond donors (Lipinski definition) is 2. The Labute approximate surface area is 118 Å². The molecule has 4 heteroatoms. The summed E-state index contributed by atoms with van der Waals surface area (Å²) in [5, 5.41) is 3.33. The largest absolute Gasteiger partial charge is 0.398 e. The van der Waals surface area contributed by atoms with E-state index in [1.54, 1.807) is 6.07 Å². The molecule has 1 heterocycles. The van der Waals surface area contributed by atoms with E-state index in [0.29, 0.717) is 5.69 Å². The summed E-state index contributed by atoms with van der Waals surface area (Å²) < 4.78 is 13.3. The molecule has 0 saturated carbocycles. The SMILES string of the molecule is Nc1cc(N2CCNCC2)ccc1-c1cccc(F)c1. The maximum atomic E-state index is 13.3. The quantitative estimate of drug-likeness (QED) is 0.825. The van der Waals surface area contributed by atoms with E-state index >= 15 is 0 Å². The van der Waals surface area contributed by atoms with Crippen LogP contribution in [0.15, 0.2) is 42.5 Å². The number of rotatable bonds is 2. The molecule has 0 unspecified atom stereocenters. The Kier molecular flexibility index (Phi) is 3.56. The average molecular weight is 271 g/mol. The zero-order valence-corrected chi connectivity index (χ0v) is 11.3. The molecule has 2 aromatic rings. The van der Waals surface area contributed by atoms with Crippen molar-refractivity contribution in [1.29, 1.82) is 0 Å². The number of nitrogen functional groups attached to an aromatic ring is 1. The zero-order valence-electron chi connectivity index (χ0n) is 11.3. The molecule has 0 aliphatic carbocycles. The lowest BCUT2D eigenvalue weighted by atomic mass is 10.0. The summed E-state index contributed by atoms with van der Waals surface area (Å²) in [5.41, 5.74) is 9.65. The third-order valence-electron chi connectivity index (χ3n) is 3.65. The Bertz CT molecular complexity index is 606. The number of nitrogens with two attached hydrogens (primary N) is 1. The Morgan fingerprint density at radius 2 is 1.85 bits per heavy atom. The molecule has 1 saturated heterocycles. The summed E-state index contributed by atoms with van der Waals surface area (Å²) in [7, 11) is 0. The van der Waals surface area contributed by atoms with Gasteiger partial charge in [0.2, 0.25) is 0 Å². The molecule has 3 nitrogen and oxygen atoms in total. The summed E-state index contributed by atoms with van der Waals surface area (Å²) in [5.74, 6) is -0.243. The van der Waals surface area contributed by atoms with E-state index in [4.69, 9.17) is 5.73 Å². The van der Waals surface area contributed by atoms with Crippen LogP contribution in [0.25, 0.3) is 11.1 Å². The standard InChI is InChI=1S/C16H18FN3/c17-13-3-1-2-12(10-13)15-5-4-14(11-16(15)18)20-8-6-19-7-9-20/h1-5,10-11,19H,6-9,18H2. The molecule has 0 spiro atoms.